The fraction of sp³-hybridized carbons (Fsp3) is 0.265. The van der Waals surface area contributed by atoms with Gasteiger partial charge < -0.3 is 39.8 Å². The number of ether oxygens (including phenoxy) is 2. The van der Waals surface area contributed by atoms with Crippen molar-refractivity contribution < 1.29 is 27.3 Å². The number of aliphatic imine (C=N–C) groups is 2. The van der Waals surface area contributed by atoms with Crippen LogP contribution in [0.15, 0.2) is 139 Å². The molecule has 0 amide bonds. The standard InChI is InChI=1S/C25H27FN4O2.C24H25FN4O2/c1-18(13-19-7-8-23(24(26)15-19)20-5-3-2-4-6-20)14-21-16-22(32-29-21)17-28-25(27)30-9-11-31-12-10-30;1-16(2)23(18-8-9-19(20(25)14-18)17-6-4-3-5-7-17)21-15-22(28-31-21)27-24(26)29-10-12-30-13-11-29/h2-8,14-16H,9-13,17H2,1H3,(H2,27,28);3-9,14-15H,10-13H2,1-2H3,(H2,26,27,28). The fourth-order valence-electron chi connectivity index (χ4n) is 7.29. The van der Waals surface area contributed by atoms with E-state index in [4.69, 9.17) is 30.0 Å². The lowest BCUT2D eigenvalue weighted by Gasteiger charge is -2.27. The zero-order chi connectivity index (χ0) is 44.1. The predicted octanol–water partition coefficient (Wildman–Crippen LogP) is 8.87. The van der Waals surface area contributed by atoms with Crippen LogP contribution in [0.5, 0.6) is 0 Å². The van der Waals surface area contributed by atoms with E-state index >= 15 is 0 Å². The van der Waals surface area contributed by atoms with Crippen LogP contribution in [0.4, 0.5) is 14.6 Å². The van der Waals surface area contributed by atoms with Gasteiger partial charge in [0.25, 0.3) is 0 Å². The van der Waals surface area contributed by atoms with Gasteiger partial charge in [-0.15, -0.1) is 0 Å². The SMILES string of the molecule is CC(=Cc1cc(CN=C(N)N2CCOCC2)on1)Cc1ccc(-c2ccccc2)c(F)c1.CC(C)=C(c1ccc(-c2ccccc2)c(F)c1)c1cc(N=C(N)N2CCOCC2)no1. The number of nitrogens with zero attached hydrogens (tertiary/aromatic N) is 6. The maximum absolute atomic E-state index is 14.9. The summed E-state index contributed by atoms with van der Waals surface area (Å²) in [4.78, 5) is 12.7. The van der Waals surface area contributed by atoms with Gasteiger partial charge in [-0.1, -0.05) is 106 Å². The monoisotopic (exact) mass is 854 g/mol. The lowest BCUT2D eigenvalue weighted by Crippen LogP contribution is -2.44. The number of rotatable bonds is 10. The maximum Gasteiger partial charge on any atom is 0.199 e. The Morgan fingerprint density at radius 2 is 1.27 bits per heavy atom. The van der Waals surface area contributed by atoms with Crippen molar-refractivity contribution in [2.24, 2.45) is 21.5 Å². The first-order valence-corrected chi connectivity index (χ1v) is 20.9. The molecule has 12 nitrogen and oxygen atoms in total. The highest BCUT2D eigenvalue weighted by Crippen LogP contribution is 2.33. The number of guanidine groups is 2. The Morgan fingerprint density at radius 1 is 0.683 bits per heavy atom. The lowest BCUT2D eigenvalue weighted by molar-refractivity contribution is 0.0674. The highest BCUT2D eigenvalue weighted by molar-refractivity contribution is 5.83. The first kappa shape index (κ1) is 44.2. The van der Waals surface area contributed by atoms with Crippen LogP contribution < -0.4 is 11.5 Å². The minimum Gasteiger partial charge on any atom is -0.378 e. The van der Waals surface area contributed by atoms with Gasteiger partial charge in [0.2, 0.25) is 0 Å². The van der Waals surface area contributed by atoms with Crippen molar-refractivity contribution in [3.05, 3.63) is 160 Å². The van der Waals surface area contributed by atoms with E-state index in [1.807, 2.05) is 122 Å². The van der Waals surface area contributed by atoms with Gasteiger partial charge in [-0.2, -0.15) is 4.99 Å². The van der Waals surface area contributed by atoms with Gasteiger partial charge in [0, 0.05) is 55.0 Å². The van der Waals surface area contributed by atoms with Gasteiger partial charge in [-0.3, -0.25) is 0 Å². The molecule has 0 aliphatic carbocycles. The van der Waals surface area contributed by atoms with Gasteiger partial charge in [0.05, 0.1) is 26.4 Å². The molecule has 14 heteroatoms. The van der Waals surface area contributed by atoms with Gasteiger partial charge in [-0.05, 0) is 67.7 Å². The second kappa shape index (κ2) is 21.3. The van der Waals surface area contributed by atoms with Crippen molar-refractivity contribution in [1.29, 1.82) is 0 Å². The summed E-state index contributed by atoms with van der Waals surface area (Å²) < 4.78 is 51.1. The number of benzene rings is 4. The van der Waals surface area contributed by atoms with Gasteiger partial charge in [0.15, 0.2) is 29.3 Å². The number of hydrogen-bond acceptors (Lipinski definition) is 8. The third-order valence-electron chi connectivity index (χ3n) is 10.5. The normalized spacial score (nSPS) is 14.9. The van der Waals surface area contributed by atoms with E-state index < -0.39 is 0 Å². The Hall–Kier alpha value is -6.90. The van der Waals surface area contributed by atoms with Crippen molar-refractivity contribution >= 4 is 29.4 Å². The van der Waals surface area contributed by atoms with E-state index in [-0.39, 0.29) is 11.6 Å². The summed E-state index contributed by atoms with van der Waals surface area (Å²) in [6.45, 7) is 11.6. The number of halogens is 2. The largest absolute Gasteiger partial charge is 0.378 e. The van der Waals surface area contributed by atoms with Crippen LogP contribution in [-0.2, 0) is 22.4 Å². The van der Waals surface area contributed by atoms with Crippen molar-refractivity contribution in [3.63, 3.8) is 0 Å². The summed E-state index contributed by atoms with van der Waals surface area (Å²) in [5, 5.41) is 8.13. The Kier molecular flexibility index (Phi) is 14.9. The number of allylic oxidation sites excluding steroid dienone is 2. The minimum absolute atomic E-state index is 0.221. The van der Waals surface area contributed by atoms with Crippen molar-refractivity contribution in [1.82, 2.24) is 20.1 Å². The van der Waals surface area contributed by atoms with E-state index in [9.17, 15) is 8.78 Å². The summed E-state index contributed by atoms with van der Waals surface area (Å²) in [7, 11) is 0. The number of hydrogen-bond donors (Lipinski definition) is 2. The molecule has 4 N–H and O–H groups in total. The number of nitrogens with two attached hydrogens (primary N) is 2. The molecule has 0 bridgehead atoms. The molecule has 8 rings (SSSR count). The van der Waals surface area contributed by atoms with E-state index in [0.717, 1.165) is 46.5 Å². The molecular formula is C49H52F2N8O4. The summed E-state index contributed by atoms with van der Waals surface area (Å²) >= 11 is 0. The number of morpholine rings is 2. The molecular weight excluding hydrogens is 803 g/mol. The van der Waals surface area contributed by atoms with Crippen LogP contribution in [0.1, 0.15) is 49.1 Å². The van der Waals surface area contributed by atoms with E-state index in [1.165, 1.54) is 6.07 Å². The number of aromatic nitrogens is 2. The molecule has 2 aromatic heterocycles. The first-order chi connectivity index (χ1) is 30.6. The zero-order valence-corrected chi connectivity index (χ0v) is 35.8. The highest BCUT2D eigenvalue weighted by atomic mass is 19.1. The topological polar surface area (TPSA) is 154 Å². The van der Waals surface area contributed by atoms with Gasteiger partial charge in [0.1, 0.15) is 23.9 Å². The van der Waals surface area contributed by atoms with Crippen LogP contribution >= 0.6 is 0 Å². The molecule has 0 spiro atoms. The molecule has 4 heterocycles. The Morgan fingerprint density at radius 3 is 1.86 bits per heavy atom. The van der Waals surface area contributed by atoms with E-state index in [1.54, 1.807) is 18.2 Å². The molecule has 2 fully saturated rings. The Labute approximate surface area is 366 Å². The van der Waals surface area contributed by atoms with Crippen molar-refractivity contribution in [2.75, 3.05) is 52.6 Å². The average molecular weight is 855 g/mol. The van der Waals surface area contributed by atoms with Crippen LogP contribution in [0.3, 0.4) is 0 Å². The molecule has 0 saturated carbocycles. The second-order valence-corrected chi connectivity index (χ2v) is 15.4. The second-order valence-electron chi connectivity index (χ2n) is 15.4. The fourth-order valence-corrected chi connectivity index (χ4v) is 7.29. The molecule has 0 unspecified atom stereocenters. The van der Waals surface area contributed by atoms with E-state index in [2.05, 4.69) is 20.3 Å². The Balaban J connectivity index is 0.000000189. The summed E-state index contributed by atoms with van der Waals surface area (Å²) in [5.74, 6) is 1.87. The molecule has 0 radical (unpaired) electrons. The molecule has 2 aliphatic rings. The quantitative estimate of drug-likeness (QED) is 0.101. The third kappa shape index (κ3) is 11.9. The van der Waals surface area contributed by atoms with Crippen LogP contribution in [-0.4, -0.2) is 84.6 Å². The zero-order valence-electron chi connectivity index (χ0n) is 35.8. The van der Waals surface area contributed by atoms with Gasteiger partial charge >= 0.3 is 0 Å². The third-order valence-corrected chi connectivity index (χ3v) is 10.5. The lowest BCUT2D eigenvalue weighted by atomic mass is 9.96. The average Bonchev–Trinajstić information content (AvgIpc) is 3.96. The summed E-state index contributed by atoms with van der Waals surface area (Å²) in [5.41, 5.74) is 20.1. The molecule has 0 atom stereocenters. The molecule has 2 saturated heterocycles. The smallest absolute Gasteiger partial charge is 0.199 e. The van der Waals surface area contributed by atoms with E-state index in [0.29, 0.717) is 104 Å². The molecule has 326 valence electrons. The maximum atomic E-state index is 14.9. The van der Waals surface area contributed by atoms with Crippen LogP contribution in [0.2, 0.25) is 0 Å². The van der Waals surface area contributed by atoms with Crippen LogP contribution in [0, 0.1) is 11.6 Å². The Bertz CT molecular complexity index is 2570. The summed E-state index contributed by atoms with van der Waals surface area (Å²) in [6, 6.07) is 33.2. The molecule has 6 aromatic rings. The van der Waals surface area contributed by atoms with Gasteiger partial charge in [-0.25, -0.2) is 13.8 Å². The van der Waals surface area contributed by atoms with Crippen LogP contribution in [0.25, 0.3) is 33.9 Å². The van der Waals surface area contributed by atoms with Crippen molar-refractivity contribution in [2.45, 2.75) is 33.7 Å². The van der Waals surface area contributed by atoms with Crippen molar-refractivity contribution in [3.8, 4) is 22.3 Å². The first-order valence-electron chi connectivity index (χ1n) is 20.9. The minimum atomic E-state index is -0.295. The molecule has 4 aromatic carbocycles. The predicted molar refractivity (Wildman–Crippen MR) is 243 cm³/mol. The molecule has 63 heavy (non-hydrogen) atoms. The summed E-state index contributed by atoms with van der Waals surface area (Å²) in [6.07, 6.45) is 2.56. The highest BCUT2D eigenvalue weighted by Gasteiger charge is 2.18. The molecule has 2 aliphatic heterocycles.